The normalized spacial score (nSPS) is 12.8. The van der Waals surface area contributed by atoms with Crippen LogP contribution in [0.3, 0.4) is 0 Å². The highest BCUT2D eigenvalue weighted by atomic mass is 32.2. The predicted octanol–water partition coefficient (Wildman–Crippen LogP) is 2.37. The minimum absolute atomic E-state index is 0.0947. The van der Waals surface area contributed by atoms with Crippen LogP contribution in [-0.2, 0) is 10.1 Å². The number of hydrogen-bond acceptors (Lipinski definition) is 3. The Hall–Kier alpha value is -0.200. The molecule has 100 valence electrons. The van der Waals surface area contributed by atoms with E-state index in [1.165, 1.54) is 0 Å². The van der Waals surface area contributed by atoms with Crippen LogP contribution in [0.4, 0.5) is 4.39 Å². The van der Waals surface area contributed by atoms with Crippen LogP contribution in [0.5, 0.6) is 0 Å². The van der Waals surface area contributed by atoms with Crippen LogP contribution in [0.25, 0.3) is 0 Å². The van der Waals surface area contributed by atoms with Crippen molar-refractivity contribution in [2.45, 2.75) is 51.0 Å². The first-order valence-electron chi connectivity index (χ1n) is 5.59. The second kappa shape index (κ2) is 11.3. The number of alkyl halides is 1. The molecule has 6 heteroatoms. The van der Waals surface area contributed by atoms with Crippen LogP contribution in [0.1, 0.15) is 45.4 Å². The van der Waals surface area contributed by atoms with Crippen molar-refractivity contribution in [3.05, 3.63) is 0 Å². The summed E-state index contributed by atoms with van der Waals surface area (Å²) in [6.45, 7) is 2.07. The van der Waals surface area contributed by atoms with Crippen molar-refractivity contribution in [3.8, 4) is 0 Å². The SMILES string of the molecule is CCCCCCCC(F)S(=O)(=O)O.CNC. The van der Waals surface area contributed by atoms with E-state index >= 15 is 0 Å². The molecule has 0 aromatic carbocycles. The molecule has 0 amide bonds. The molecule has 4 nitrogen and oxygen atoms in total. The van der Waals surface area contributed by atoms with E-state index in [0.717, 1.165) is 25.7 Å². The Morgan fingerprint density at radius 1 is 1.19 bits per heavy atom. The molecule has 0 spiro atoms. The molecule has 0 rings (SSSR count). The molecule has 2 N–H and O–H groups in total. The van der Waals surface area contributed by atoms with Gasteiger partial charge in [0.2, 0.25) is 5.50 Å². The fraction of sp³-hybridized carbons (Fsp3) is 1.00. The second-order valence-electron chi connectivity index (χ2n) is 3.63. The van der Waals surface area contributed by atoms with Gasteiger partial charge in [0, 0.05) is 0 Å². The third kappa shape index (κ3) is 13.8. The maximum atomic E-state index is 12.6. The zero-order chi connectivity index (χ0) is 13.0. The highest BCUT2D eigenvalue weighted by molar-refractivity contribution is 7.86. The molecule has 0 aliphatic heterocycles. The van der Waals surface area contributed by atoms with Gasteiger partial charge in [0.15, 0.2) is 0 Å². The average Bonchev–Trinajstić information content (AvgIpc) is 2.17. The van der Waals surface area contributed by atoms with Gasteiger partial charge < -0.3 is 5.32 Å². The third-order valence-corrected chi connectivity index (χ3v) is 2.74. The van der Waals surface area contributed by atoms with Gasteiger partial charge in [-0.2, -0.15) is 8.42 Å². The number of hydrogen-bond donors (Lipinski definition) is 2. The first-order valence-corrected chi connectivity index (χ1v) is 7.09. The summed E-state index contributed by atoms with van der Waals surface area (Å²) in [5.74, 6) is 0. The van der Waals surface area contributed by atoms with E-state index in [4.69, 9.17) is 4.55 Å². The molecule has 0 saturated heterocycles. The van der Waals surface area contributed by atoms with Crippen molar-refractivity contribution in [1.82, 2.24) is 5.32 Å². The van der Waals surface area contributed by atoms with Crippen molar-refractivity contribution in [2.24, 2.45) is 0 Å². The molecule has 0 bridgehead atoms. The minimum Gasteiger partial charge on any atom is -0.323 e. The molecule has 0 fully saturated rings. The second-order valence-corrected chi connectivity index (χ2v) is 5.17. The lowest BCUT2D eigenvalue weighted by Gasteiger charge is -2.03. The van der Waals surface area contributed by atoms with Gasteiger partial charge in [-0.05, 0) is 26.9 Å². The van der Waals surface area contributed by atoms with Crippen molar-refractivity contribution in [2.75, 3.05) is 14.1 Å². The van der Waals surface area contributed by atoms with E-state index in [9.17, 15) is 12.8 Å². The summed E-state index contributed by atoms with van der Waals surface area (Å²) in [6.07, 6.45) is 4.42. The van der Waals surface area contributed by atoms with Gasteiger partial charge in [-0.3, -0.25) is 4.55 Å². The van der Waals surface area contributed by atoms with Crippen LogP contribution in [0.15, 0.2) is 0 Å². The molecule has 0 aliphatic rings. The summed E-state index contributed by atoms with van der Waals surface area (Å²) >= 11 is 0. The Kier molecular flexibility index (Phi) is 12.8. The van der Waals surface area contributed by atoms with E-state index < -0.39 is 15.6 Å². The Balaban J connectivity index is 0. The summed E-state index contributed by atoms with van der Waals surface area (Å²) in [4.78, 5) is 0. The maximum absolute atomic E-state index is 12.6. The van der Waals surface area contributed by atoms with Crippen molar-refractivity contribution in [1.29, 1.82) is 0 Å². The highest BCUT2D eigenvalue weighted by Crippen LogP contribution is 2.12. The van der Waals surface area contributed by atoms with Gasteiger partial charge >= 0.3 is 0 Å². The lowest BCUT2D eigenvalue weighted by molar-refractivity contribution is 0.350. The summed E-state index contributed by atoms with van der Waals surface area (Å²) in [5, 5.41) is 2.75. The Morgan fingerprint density at radius 3 is 2.00 bits per heavy atom. The average molecular weight is 257 g/mol. The molecule has 0 radical (unpaired) electrons. The molecule has 0 aromatic heterocycles. The molecule has 16 heavy (non-hydrogen) atoms. The quantitative estimate of drug-likeness (QED) is 0.543. The smallest absolute Gasteiger partial charge is 0.297 e. The first kappa shape index (κ1) is 18.2. The number of nitrogens with one attached hydrogen (secondary N) is 1. The van der Waals surface area contributed by atoms with Crippen LogP contribution < -0.4 is 5.32 Å². The van der Waals surface area contributed by atoms with Crippen molar-refractivity contribution < 1.29 is 17.4 Å². The Labute approximate surface area is 98.4 Å². The lowest BCUT2D eigenvalue weighted by Crippen LogP contribution is -2.14. The van der Waals surface area contributed by atoms with Gasteiger partial charge in [0.1, 0.15) is 0 Å². The summed E-state index contributed by atoms with van der Waals surface area (Å²) in [7, 11) is -0.712. The summed E-state index contributed by atoms with van der Waals surface area (Å²) in [5.41, 5.74) is -2.10. The highest BCUT2D eigenvalue weighted by Gasteiger charge is 2.20. The van der Waals surface area contributed by atoms with Gasteiger partial charge in [-0.1, -0.05) is 32.6 Å². The van der Waals surface area contributed by atoms with E-state index in [0.29, 0.717) is 6.42 Å². The van der Waals surface area contributed by atoms with Gasteiger partial charge in [-0.25, -0.2) is 4.39 Å². The molecule has 0 saturated carbocycles. The van der Waals surface area contributed by atoms with Crippen molar-refractivity contribution >= 4 is 10.1 Å². The standard InChI is InChI=1S/C8H17FO3S.C2H7N/c1-2-3-4-5-6-7-8(9)13(10,11)12;1-3-2/h8H,2-7H2,1H3,(H,10,11,12);3H,1-2H3. The molecular formula is C10H24FNO3S. The van der Waals surface area contributed by atoms with E-state index in [1.54, 1.807) is 0 Å². The molecule has 0 heterocycles. The van der Waals surface area contributed by atoms with Crippen LogP contribution in [-0.4, -0.2) is 32.6 Å². The van der Waals surface area contributed by atoms with Crippen LogP contribution in [0.2, 0.25) is 0 Å². The topological polar surface area (TPSA) is 66.4 Å². The predicted molar refractivity (Wildman–Crippen MR) is 64.8 cm³/mol. The fourth-order valence-electron chi connectivity index (χ4n) is 1.06. The zero-order valence-electron chi connectivity index (χ0n) is 10.4. The van der Waals surface area contributed by atoms with E-state index in [1.807, 2.05) is 14.1 Å². The van der Waals surface area contributed by atoms with Gasteiger partial charge in [0.05, 0.1) is 0 Å². The zero-order valence-corrected chi connectivity index (χ0v) is 11.2. The molecule has 1 unspecified atom stereocenters. The summed E-state index contributed by atoms with van der Waals surface area (Å²) < 4.78 is 41.3. The van der Waals surface area contributed by atoms with Crippen molar-refractivity contribution in [3.63, 3.8) is 0 Å². The first-order chi connectivity index (χ1) is 7.40. The maximum Gasteiger partial charge on any atom is 0.297 e. The number of halogens is 1. The molecular weight excluding hydrogens is 233 g/mol. The number of unbranched alkanes of at least 4 members (excludes halogenated alkanes) is 4. The lowest BCUT2D eigenvalue weighted by atomic mass is 10.1. The third-order valence-electron chi connectivity index (χ3n) is 1.86. The van der Waals surface area contributed by atoms with Crippen LogP contribution in [0, 0.1) is 0 Å². The fourth-order valence-corrected chi connectivity index (χ4v) is 1.52. The van der Waals surface area contributed by atoms with Crippen LogP contribution >= 0.6 is 0 Å². The van der Waals surface area contributed by atoms with Gasteiger partial charge in [0.25, 0.3) is 10.1 Å². The Bertz CT molecular complexity index is 232. The molecule has 0 aromatic rings. The molecule has 0 aliphatic carbocycles. The van der Waals surface area contributed by atoms with Gasteiger partial charge in [-0.15, -0.1) is 0 Å². The number of rotatable bonds is 7. The Morgan fingerprint density at radius 2 is 1.62 bits per heavy atom. The van der Waals surface area contributed by atoms with E-state index in [-0.39, 0.29) is 6.42 Å². The van der Waals surface area contributed by atoms with E-state index in [2.05, 4.69) is 12.2 Å². The largest absolute Gasteiger partial charge is 0.323 e. The molecule has 1 atom stereocenters. The minimum atomic E-state index is -4.46. The monoisotopic (exact) mass is 257 g/mol. The summed E-state index contributed by atoms with van der Waals surface area (Å²) in [6, 6.07) is 0.